The third-order valence-electron chi connectivity index (χ3n) is 11.4. The standard InChI is InChI=1S/C50H76N6O3/c1-45(2,3)41-17-16-18-44(54-41)58-30-27-52-50(14,15)56(47(7,8)9)28-23-38-32-37-20-19-36(31-40(37)59-38)33-48(10,11)24-25-49(12,13)42-35-55-34-39(21-22-43(55)53-42)57-29-26-51-46(4,5)6/h16-22,31-32,34-35,51-52H,23-30,33H2,1-15H3. The first kappa shape index (κ1) is 46.2. The Morgan fingerprint density at radius 2 is 1.42 bits per heavy atom. The van der Waals surface area contributed by atoms with Crippen LogP contribution in [0.2, 0.25) is 0 Å². The van der Waals surface area contributed by atoms with Crippen molar-refractivity contribution in [2.24, 2.45) is 5.41 Å². The first-order chi connectivity index (χ1) is 27.3. The largest absolute Gasteiger partial charge is 0.491 e. The van der Waals surface area contributed by atoms with Gasteiger partial charge in [0.15, 0.2) is 0 Å². The number of fused-ring (bicyclic) bond motifs is 2. The maximum absolute atomic E-state index is 6.53. The van der Waals surface area contributed by atoms with Gasteiger partial charge in [0.2, 0.25) is 5.88 Å². The molecule has 5 rings (SSSR count). The zero-order valence-corrected chi connectivity index (χ0v) is 39.2. The molecule has 59 heavy (non-hydrogen) atoms. The predicted molar refractivity (Wildman–Crippen MR) is 245 cm³/mol. The number of imidazole rings is 1. The molecule has 2 N–H and O–H groups in total. The van der Waals surface area contributed by atoms with Gasteiger partial charge in [-0.3, -0.25) is 10.2 Å². The first-order valence-corrected chi connectivity index (χ1v) is 21.8. The van der Waals surface area contributed by atoms with Crippen molar-refractivity contribution in [1.82, 2.24) is 29.9 Å². The fourth-order valence-electron chi connectivity index (χ4n) is 7.96. The molecule has 1 aromatic carbocycles. The molecule has 0 radical (unpaired) electrons. The van der Waals surface area contributed by atoms with Gasteiger partial charge >= 0.3 is 0 Å². The zero-order chi connectivity index (χ0) is 43.4. The minimum absolute atomic E-state index is 0.0184. The highest BCUT2D eigenvalue weighted by molar-refractivity contribution is 5.78. The third-order valence-corrected chi connectivity index (χ3v) is 11.4. The van der Waals surface area contributed by atoms with Gasteiger partial charge in [0, 0.05) is 71.3 Å². The number of nitrogens with zero attached hydrogens (tertiary/aromatic N) is 4. The smallest absolute Gasteiger partial charge is 0.213 e. The molecule has 0 aliphatic rings. The number of ether oxygens (including phenoxy) is 2. The molecule has 5 aromatic rings. The van der Waals surface area contributed by atoms with Crippen molar-refractivity contribution in [3.63, 3.8) is 0 Å². The molecular formula is C50H76N6O3. The highest BCUT2D eigenvalue weighted by Gasteiger charge is 2.35. The van der Waals surface area contributed by atoms with Crippen LogP contribution < -0.4 is 20.1 Å². The molecular weight excluding hydrogens is 733 g/mol. The number of nitrogens with one attached hydrogen (secondary N) is 2. The Labute approximate surface area is 356 Å². The lowest BCUT2D eigenvalue weighted by Gasteiger charge is -2.47. The third kappa shape index (κ3) is 13.3. The van der Waals surface area contributed by atoms with E-state index in [9.17, 15) is 0 Å². The minimum Gasteiger partial charge on any atom is -0.491 e. The van der Waals surface area contributed by atoms with Crippen molar-refractivity contribution >= 4 is 16.6 Å². The van der Waals surface area contributed by atoms with Crippen LogP contribution in [-0.4, -0.2) is 68.9 Å². The van der Waals surface area contributed by atoms with E-state index < -0.39 is 0 Å². The number of rotatable bonds is 19. The Kier molecular flexibility index (Phi) is 14.1. The van der Waals surface area contributed by atoms with Crippen molar-refractivity contribution in [1.29, 1.82) is 0 Å². The number of furan rings is 1. The highest BCUT2D eigenvalue weighted by atomic mass is 16.5. The van der Waals surface area contributed by atoms with Crippen molar-refractivity contribution < 1.29 is 13.9 Å². The van der Waals surface area contributed by atoms with E-state index in [1.807, 2.05) is 24.4 Å². The van der Waals surface area contributed by atoms with Crippen molar-refractivity contribution in [2.45, 2.75) is 157 Å². The van der Waals surface area contributed by atoms with Crippen molar-refractivity contribution in [2.75, 3.05) is 32.8 Å². The van der Waals surface area contributed by atoms with E-state index in [0.717, 1.165) is 78.3 Å². The summed E-state index contributed by atoms with van der Waals surface area (Å²) in [5, 5.41) is 8.39. The average Bonchev–Trinajstić information content (AvgIpc) is 3.74. The van der Waals surface area contributed by atoms with Crippen molar-refractivity contribution in [3.8, 4) is 11.6 Å². The number of aromatic nitrogens is 3. The van der Waals surface area contributed by atoms with E-state index in [4.69, 9.17) is 23.9 Å². The number of pyridine rings is 2. The fourth-order valence-corrected chi connectivity index (χ4v) is 7.96. The molecule has 0 amide bonds. The Balaban J connectivity index is 1.14. The molecule has 324 valence electrons. The summed E-state index contributed by atoms with van der Waals surface area (Å²) in [7, 11) is 0. The second kappa shape index (κ2) is 18.0. The van der Waals surface area contributed by atoms with Crippen LogP contribution >= 0.6 is 0 Å². The maximum Gasteiger partial charge on any atom is 0.213 e. The van der Waals surface area contributed by atoms with Gasteiger partial charge in [-0.05, 0) is 116 Å². The minimum atomic E-state index is -0.269. The second-order valence-corrected chi connectivity index (χ2v) is 21.6. The van der Waals surface area contributed by atoms with E-state index in [-0.39, 0.29) is 33.0 Å². The number of hydrogen-bond donors (Lipinski definition) is 2. The zero-order valence-electron chi connectivity index (χ0n) is 39.2. The van der Waals surface area contributed by atoms with Crippen LogP contribution in [0.3, 0.4) is 0 Å². The van der Waals surface area contributed by atoms with Crippen LogP contribution in [0.1, 0.15) is 139 Å². The predicted octanol–water partition coefficient (Wildman–Crippen LogP) is 10.9. The number of hydrogen-bond acceptors (Lipinski definition) is 8. The first-order valence-electron chi connectivity index (χ1n) is 21.8. The summed E-state index contributed by atoms with van der Waals surface area (Å²) in [5.74, 6) is 2.54. The fraction of sp³-hybridized carbons (Fsp3) is 0.600. The summed E-state index contributed by atoms with van der Waals surface area (Å²) < 4.78 is 20.7. The van der Waals surface area contributed by atoms with Gasteiger partial charge in [0.05, 0.1) is 17.6 Å². The maximum atomic E-state index is 6.53. The monoisotopic (exact) mass is 809 g/mol. The van der Waals surface area contributed by atoms with Crippen LogP contribution in [0.25, 0.3) is 16.6 Å². The molecule has 0 saturated carbocycles. The van der Waals surface area contributed by atoms with E-state index >= 15 is 0 Å². The Bertz CT molecular complexity index is 2120. The Morgan fingerprint density at radius 3 is 2.12 bits per heavy atom. The van der Waals surface area contributed by atoms with Gasteiger partial charge in [-0.15, -0.1) is 0 Å². The van der Waals surface area contributed by atoms with Gasteiger partial charge in [0.1, 0.15) is 36.0 Å². The summed E-state index contributed by atoms with van der Waals surface area (Å²) in [5.41, 5.74) is 5.12. The normalized spacial score (nSPS) is 13.6. The molecule has 0 atom stereocenters. The molecule has 0 aliphatic carbocycles. The molecule has 4 heterocycles. The van der Waals surface area contributed by atoms with Crippen molar-refractivity contribution in [3.05, 3.63) is 89.7 Å². The molecule has 0 saturated heterocycles. The summed E-state index contributed by atoms with van der Waals surface area (Å²) in [4.78, 5) is 12.3. The van der Waals surface area contributed by atoms with Gasteiger partial charge in [-0.25, -0.2) is 9.97 Å². The summed E-state index contributed by atoms with van der Waals surface area (Å²) in [6, 6.07) is 19.1. The van der Waals surface area contributed by atoms with Crippen LogP contribution in [0, 0.1) is 5.41 Å². The second-order valence-electron chi connectivity index (χ2n) is 21.6. The summed E-state index contributed by atoms with van der Waals surface area (Å²) >= 11 is 0. The van der Waals surface area contributed by atoms with E-state index in [1.54, 1.807) is 0 Å². The SMILES string of the molecule is CC(C)(CCC(C)(C)c1cn2cc(OCCNC(C)(C)C)ccc2n1)Cc1ccc2cc(CCN(C(C)(C)C)C(C)(C)NCCOc3cccc(C(C)(C)C)n3)oc2c1. The van der Waals surface area contributed by atoms with Gasteiger partial charge in [-0.1, -0.05) is 66.7 Å². The number of benzene rings is 1. The lowest BCUT2D eigenvalue weighted by Crippen LogP contribution is -2.62. The molecule has 0 fully saturated rings. The van der Waals surface area contributed by atoms with E-state index in [2.05, 4.69) is 166 Å². The lowest BCUT2D eigenvalue weighted by molar-refractivity contribution is 0.00303. The molecule has 0 unspecified atom stereocenters. The van der Waals surface area contributed by atoms with Gasteiger partial charge in [0.25, 0.3) is 0 Å². The summed E-state index contributed by atoms with van der Waals surface area (Å²) in [6.07, 6.45) is 8.12. The van der Waals surface area contributed by atoms with Crippen LogP contribution in [0.5, 0.6) is 11.6 Å². The average molecular weight is 809 g/mol. The topological polar surface area (TPSA) is 89.1 Å². The molecule has 0 spiro atoms. The molecule has 9 nitrogen and oxygen atoms in total. The Hall–Kier alpha value is -3.92. The van der Waals surface area contributed by atoms with Crippen LogP contribution in [-0.2, 0) is 23.7 Å². The molecule has 0 aliphatic heterocycles. The van der Waals surface area contributed by atoms with Crippen LogP contribution in [0.15, 0.2) is 71.4 Å². The van der Waals surface area contributed by atoms with Gasteiger partial charge < -0.3 is 23.6 Å². The highest BCUT2D eigenvalue weighted by Crippen LogP contribution is 2.37. The molecule has 4 aromatic heterocycles. The quantitative estimate of drug-likeness (QED) is 0.0630. The Morgan fingerprint density at radius 1 is 0.712 bits per heavy atom. The summed E-state index contributed by atoms with van der Waals surface area (Å²) in [6.45, 7) is 37.3. The molecule has 0 bridgehead atoms. The molecule has 9 heteroatoms. The van der Waals surface area contributed by atoms with E-state index in [0.29, 0.717) is 25.6 Å². The van der Waals surface area contributed by atoms with E-state index in [1.165, 1.54) is 5.56 Å². The lowest BCUT2D eigenvalue weighted by atomic mass is 9.75. The van der Waals surface area contributed by atoms with Gasteiger partial charge in [-0.2, -0.15) is 0 Å². The van der Waals surface area contributed by atoms with Crippen LogP contribution in [0.4, 0.5) is 0 Å².